The molecule has 186 valence electrons. The largest absolute Gasteiger partial charge is 0.416 e. The quantitative estimate of drug-likeness (QED) is 0.402. The molecule has 0 saturated carbocycles. The van der Waals surface area contributed by atoms with Gasteiger partial charge < -0.3 is 14.7 Å². The Morgan fingerprint density at radius 1 is 1.03 bits per heavy atom. The van der Waals surface area contributed by atoms with Gasteiger partial charge in [-0.25, -0.2) is 4.79 Å². The molecule has 35 heavy (non-hydrogen) atoms. The number of nitrogens with zero attached hydrogens (tertiary/aromatic N) is 3. The minimum absolute atomic E-state index is 0.00458. The lowest BCUT2D eigenvalue weighted by atomic mass is 10.0. The highest BCUT2D eigenvalue weighted by atomic mass is 19.4. The van der Waals surface area contributed by atoms with E-state index in [9.17, 15) is 31.1 Å². The van der Waals surface area contributed by atoms with Crippen molar-refractivity contribution in [3.8, 4) is 11.4 Å². The highest BCUT2D eigenvalue weighted by Gasteiger charge is 2.38. The van der Waals surface area contributed by atoms with Crippen LogP contribution in [0.3, 0.4) is 0 Å². The summed E-state index contributed by atoms with van der Waals surface area (Å²) in [6, 6.07) is 6.76. The average molecular weight is 498 g/mol. The Bertz CT molecular complexity index is 1190. The van der Waals surface area contributed by atoms with Gasteiger partial charge in [-0.3, -0.25) is 0 Å². The summed E-state index contributed by atoms with van der Waals surface area (Å²) >= 11 is 0. The predicted molar refractivity (Wildman–Crippen MR) is 113 cm³/mol. The molecule has 0 bridgehead atoms. The number of aromatic nitrogens is 2. The number of nitrogens with one attached hydrogen (secondary N) is 1. The van der Waals surface area contributed by atoms with Gasteiger partial charge in [0, 0.05) is 17.8 Å². The van der Waals surface area contributed by atoms with E-state index in [1.54, 1.807) is 6.07 Å². The second kappa shape index (κ2) is 9.23. The minimum Gasteiger partial charge on any atom is -0.337 e. The molecule has 2 aromatic carbocycles. The molecule has 2 amide bonds. The normalized spacial score (nSPS) is 16.9. The van der Waals surface area contributed by atoms with Crippen LogP contribution in [0.2, 0.25) is 0 Å². The first-order valence-corrected chi connectivity index (χ1v) is 10.7. The van der Waals surface area contributed by atoms with Crippen molar-refractivity contribution < 1.29 is 35.7 Å². The Morgan fingerprint density at radius 2 is 1.71 bits per heavy atom. The van der Waals surface area contributed by atoms with Crippen LogP contribution < -0.4 is 5.32 Å². The van der Waals surface area contributed by atoms with Crippen molar-refractivity contribution in [2.24, 2.45) is 0 Å². The summed E-state index contributed by atoms with van der Waals surface area (Å²) in [6.45, 7) is 2.11. The summed E-state index contributed by atoms with van der Waals surface area (Å²) in [5.41, 5.74) is -1.97. The molecule has 1 unspecified atom stereocenters. The van der Waals surface area contributed by atoms with Crippen LogP contribution in [-0.2, 0) is 12.4 Å². The number of urea groups is 1. The van der Waals surface area contributed by atoms with Gasteiger partial charge in [0.05, 0.1) is 11.1 Å². The number of rotatable bonds is 3. The molecule has 3 aromatic rings. The van der Waals surface area contributed by atoms with E-state index >= 15 is 0 Å². The number of hydrogen-bond donors (Lipinski definition) is 1. The fourth-order valence-electron chi connectivity index (χ4n) is 3.93. The SMILES string of the molecule is Cc1cccc(-c2noc(C3CCCCN3C(=O)Nc3cc(C(F)(F)F)cc(C(F)(F)F)c3)n2)c1. The van der Waals surface area contributed by atoms with Gasteiger partial charge in [-0.05, 0) is 50.5 Å². The summed E-state index contributed by atoms with van der Waals surface area (Å²) < 4.78 is 84.3. The number of benzene rings is 2. The molecular weight excluding hydrogens is 478 g/mol. The molecule has 6 nitrogen and oxygen atoms in total. The molecule has 2 heterocycles. The van der Waals surface area contributed by atoms with Gasteiger partial charge >= 0.3 is 18.4 Å². The molecule has 1 aliphatic heterocycles. The molecule has 1 N–H and O–H groups in total. The van der Waals surface area contributed by atoms with E-state index in [0.717, 1.165) is 12.0 Å². The highest BCUT2D eigenvalue weighted by molar-refractivity contribution is 5.90. The standard InChI is InChI=1S/C23H20F6N4O2/c1-13-5-4-6-14(9-13)19-31-20(35-32-19)18-7-2-3-8-33(18)21(34)30-17-11-15(22(24,25)26)10-16(12-17)23(27,28)29/h4-6,9-12,18H,2-3,7-8H2,1H3,(H,30,34). The Labute approximate surface area is 195 Å². The zero-order valence-electron chi connectivity index (χ0n) is 18.4. The van der Waals surface area contributed by atoms with Gasteiger partial charge in [0.25, 0.3) is 0 Å². The maximum Gasteiger partial charge on any atom is 0.416 e. The first kappa shape index (κ1) is 24.6. The van der Waals surface area contributed by atoms with Crippen molar-refractivity contribution >= 4 is 11.7 Å². The first-order chi connectivity index (χ1) is 16.4. The summed E-state index contributed by atoms with van der Waals surface area (Å²) in [4.78, 5) is 18.6. The second-order valence-corrected chi connectivity index (χ2v) is 8.26. The Kier molecular flexibility index (Phi) is 6.48. The third-order valence-corrected chi connectivity index (χ3v) is 5.61. The second-order valence-electron chi connectivity index (χ2n) is 8.26. The maximum atomic E-state index is 13.2. The summed E-state index contributed by atoms with van der Waals surface area (Å²) in [6.07, 6.45) is -8.29. The number of anilines is 1. The molecule has 1 fully saturated rings. The van der Waals surface area contributed by atoms with Gasteiger partial charge in [-0.1, -0.05) is 28.9 Å². The molecule has 12 heteroatoms. The molecule has 1 aliphatic rings. The first-order valence-electron chi connectivity index (χ1n) is 10.7. The van der Waals surface area contributed by atoms with Crippen molar-refractivity contribution in [1.29, 1.82) is 0 Å². The van der Waals surface area contributed by atoms with Crippen LogP contribution in [0.25, 0.3) is 11.4 Å². The zero-order valence-corrected chi connectivity index (χ0v) is 18.4. The van der Waals surface area contributed by atoms with E-state index in [1.807, 2.05) is 25.1 Å². The molecule has 4 rings (SSSR count). The molecule has 0 radical (unpaired) electrons. The Morgan fingerprint density at radius 3 is 2.34 bits per heavy atom. The van der Waals surface area contributed by atoms with Crippen LogP contribution >= 0.6 is 0 Å². The molecule has 0 aliphatic carbocycles. The lowest BCUT2D eigenvalue weighted by Gasteiger charge is -2.33. The maximum absolute atomic E-state index is 13.2. The van der Waals surface area contributed by atoms with Crippen molar-refractivity contribution in [3.05, 3.63) is 65.0 Å². The number of halogens is 6. The molecular formula is C23H20F6N4O2. The van der Waals surface area contributed by atoms with Crippen LogP contribution in [-0.4, -0.2) is 27.6 Å². The lowest BCUT2D eigenvalue weighted by Crippen LogP contribution is -2.41. The summed E-state index contributed by atoms with van der Waals surface area (Å²) in [7, 11) is 0. The van der Waals surface area contributed by atoms with E-state index in [0.29, 0.717) is 36.4 Å². The number of alkyl halides is 6. The van der Waals surface area contributed by atoms with Crippen LogP contribution in [0.5, 0.6) is 0 Å². The zero-order chi connectivity index (χ0) is 25.4. The topological polar surface area (TPSA) is 71.3 Å². The van der Waals surface area contributed by atoms with Gasteiger partial charge in [0.1, 0.15) is 6.04 Å². The van der Waals surface area contributed by atoms with Gasteiger partial charge in [-0.2, -0.15) is 31.3 Å². The molecule has 1 atom stereocenters. The number of carbonyl (C=O) groups excluding carboxylic acids is 1. The van der Waals surface area contributed by atoms with Gasteiger partial charge in [-0.15, -0.1) is 0 Å². The number of likely N-dealkylation sites (tertiary alicyclic amines) is 1. The highest BCUT2D eigenvalue weighted by Crippen LogP contribution is 2.38. The van der Waals surface area contributed by atoms with E-state index in [-0.39, 0.29) is 18.5 Å². The molecule has 0 spiro atoms. The van der Waals surface area contributed by atoms with E-state index in [4.69, 9.17) is 4.52 Å². The molecule has 1 saturated heterocycles. The van der Waals surface area contributed by atoms with Crippen molar-refractivity contribution in [2.45, 2.75) is 44.6 Å². The van der Waals surface area contributed by atoms with E-state index in [1.165, 1.54) is 4.90 Å². The third-order valence-electron chi connectivity index (χ3n) is 5.61. The predicted octanol–water partition coefficient (Wildman–Crippen LogP) is 6.84. The van der Waals surface area contributed by atoms with Crippen molar-refractivity contribution in [1.82, 2.24) is 15.0 Å². The smallest absolute Gasteiger partial charge is 0.337 e. The van der Waals surface area contributed by atoms with E-state index in [2.05, 4.69) is 15.5 Å². The minimum atomic E-state index is -5.02. The third kappa shape index (κ3) is 5.57. The number of piperidine rings is 1. The monoisotopic (exact) mass is 498 g/mol. The number of carbonyl (C=O) groups is 1. The fraction of sp³-hybridized carbons (Fsp3) is 0.348. The number of amides is 2. The van der Waals surface area contributed by atoms with Crippen molar-refractivity contribution in [2.75, 3.05) is 11.9 Å². The number of aryl methyl sites for hydroxylation is 1. The van der Waals surface area contributed by atoms with E-state index < -0.39 is 41.2 Å². The van der Waals surface area contributed by atoms with Crippen LogP contribution in [0, 0.1) is 6.92 Å². The Balaban J connectivity index is 1.59. The van der Waals surface area contributed by atoms with Crippen LogP contribution in [0.4, 0.5) is 36.8 Å². The van der Waals surface area contributed by atoms with Gasteiger partial charge in [0.2, 0.25) is 11.7 Å². The molecule has 1 aromatic heterocycles. The lowest BCUT2D eigenvalue weighted by molar-refractivity contribution is -0.143. The number of hydrogen-bond acceptors (Lipinski definition) is 4. The Hall–Kier alpha value is -3.57. The fourth-order valence-corrected chi connectivity index (χ4v) is 3.93. The van der Waals surface area contributed by atoms with Crippen LogP contribution in [0.15, 0.2) is 47.0 Å². The van der Waals surface area contributed by atoms with Gasteiger partial charge in [0.15, 0.2) is 0 Å². The average Bonchev–Trinajstić information content (AvgIpc) is 3.28. The summed E-state index contributed by atoms with van der Waals surface area (Å²) in [5.74, 6) is 0.443. The van der Waals surface area contributed by atoms with Crippen LogP contribution in [0.1, 0.15) is 47.9 Å². The van der Waals surface area contributed by atoms with Crippen molar-refractivity contribution in [3.63, 3.8) is 0 Å². The summed E-state index contributed by atoms with van der Waals surface area (Å²) in [5, 5.41) is 6.14.